The zero-order valence-corrected chi connectivity index (χ0v) is 18.6. The van der Waals surface area contributed by atoms with Crippen LogP contribution in [0.5, 0.6) is 0 Å². The normalized spacial score (nSPS) is 14.6. The van der Waals surface area contributed by atoms with Gasteiger partial charge in [-0.25, -0.2) is 0 Å². The Labute approximate surface area is 185 Å². The Morgan fingerprint density at radius 3 is 2.63 bits per heavy atom. The molecule has 0 atom stereocenters. The predicted molar refractivity (Wildman–Crippen MR) is 123 cm³/mol. The van der Waals surface area contributed by atoms with Crippen molar-refractivity contribution < 1.29 is 4.79 Å². The van der Waals surface area contributed by atoms with Crippen LogP contribution >= 0.6 is 23.1 Å². The third-order valence-corrected chi connectivity index (χ3v) is 6.93. The lowest BCUT2D eigenvalue weighted by atomic mass is 10.2. The molecule has 0 spiro atoms. The molecule has 2 aromatic carbocycles. The van der Waals surface area contributed by atoms with Gasteiger partial charge in [0.2, 0.25) is 11.0 Å². The molecule has 1 N–H and O–H groups in total. The fourth-order valence-corrected chi connectivity index (χ4v) is 5.05. The number of rotatable bonds is 7. The smallest absolute Gasteiger partial charge is 0.233 e. The number of nitrogens with one attached hydrogen (secondary N) is 1. The summed E-state index contributed by atoms with van der Waals surface area (Å²) in [7, 11) is 0. The third kappa shape index (κ3) is 5.81. The van der Waals surface area contributed by atoms with Gasteiger partial charge in [-0.1, -0.05) is 65.6 Å². The fourth-order valence-electron chi connectivity index (χ4n) is 3.38. The summed E-state index contributed by atoms with van der Waals surface area (Å²) < 4.78 is 0.807. The molecule has 0 saturated carbocycles. The number of hydrogen-bond donors (Lipinski definition) is 1. The Hall–Kier alpha value is -2.42. The molecule has 1 aromatic heterocycles. The zero-order valence-electron chi connectivity index (χ0n) is 17.0. The number of piperazine rings is 1. The number of aryl methyl sites for hydroxylation is 1. The van der Waals surface area contributed by atoms with Gasteiger partial charge in [0.05, 0.1) is 5.75 Å². The minimum atomic E-state index is 0.169. The van der Waals surface area contributed by atoms with Gasteiger partial charge in [-0.05, 0) is 30.2 Å². The number of hydrogen-bond acceptors (Lipinski definition) is 7. The van der Waals surface area contributed by atoms with Crippen molar-refractivity contribution in [1.29, 1.82) is 0 Å². The number of carbonyl (C=O) groups excluding carboxylic acids is 1. The van der Waals surface area contributed by atoms with Crippen LogP contribution in [-0.4, -0.2) is 57.8 Å². The Morgan fingerprint density at radius 1 is 1.07 bits per heavy atom. The van der Waals surface area contributed by atoms with Gasteiger partial charge in [0, 0.05) is 38.4 Å². The fraction of sp³-hybridized carbons (Fsp3) is 0.318. The minimum absolute atomic E-state index is 0.169. The first kappa shape index (κ1) is 20.8. The Balaban J connectivity index is 1.21. The van der Waals surface area contributed by atoms with Gasteiger partial charge in [-0.2, -0.15) is 0 Å². The predicted octanol–water partition coefficient (Wildman–Crippen LogP) is 4.03. The molecule has 0 radical (unpaired) electrons. The average Bonchev–Trinajstić information content (AvgIpc) is 3.20. The van der Waals surface area contributed by atoms with Crippen LogP contribution in [0.3, 0.4) is 0 Å². The van der Waals surface area contributed by atoms with Crippen molar-refractivity contribution in [1.82, 2.24) is 20.0 Å². The second-order valence-electron chi connectivity index (χ2n) is 7.30. The van der Waals surface area contributed by atoms with Crippen LogP contribution in [0, 0.1) is 6.92 Å². The summed E-state index contributed by atoms with van der Waals surface area (Å²) in [6.45, 7) is 6.38. The number of amides is 1. The van der Waals surface area contributed by atoms with Crippen molar-refractivity contribution in [2.45, 2.75) is 17.8 Å². The van der Waals surface area contributed by atoms with Gasteiger partial charge in [-0.15, -0.1) is 10.2 Å². The molecule has 0 bridgehead atoms. The van der Waals surface area contributed by atoms with Gasteiger partial charge in [0.25, 0.3) is 0 Å². The second-order valence-corrected chi connectivity index (χ2v) is 9.50. The van der Waals surface area contributed by atoms with E-state index in [9.17, 15) is 4.79 Å². The molecule has 6 nitrogen and oxygen atoms in total. The Bertz CT molecular complexity index is 970. The van der Waals surface area contributed by atoms with E-state index in [-0.39, 0.29) is 5.91 Å². The maximum atomic E-state index is 12.6. The summed E-state index contributed by atoms with van der Waals surface area (Å²) in [6, 6.07) is 18.6. The molecule has 1 aliphatic rings. The van der Waals surface area contributed by atoms with Crippen LogP contribution in [0.2, 0.25) is 0 Å². The number of anilines is 2. The lowest BCUT2D eigenvalue weighted by Crippen LogP contribution is -2.48. The Kier molecular flexibility index (Phi) is 6.99. The average molecular weight is 440 g/mol. The van der Waals surface area contributed by atoms with E-state index in [1.54, 1.807) is 0 Å². The van der Waals surface area contributed by atoms with Crippen molar-refractivity contribution in [3.05, 3.63) is 65.7 Å². The highest BCUT2D eigenvalue weighted by Gasteiger charge is 2.21. The summed E-state index contributed by atoms with van der Waals surface area (Å²) in [5.41, 5.74) is 3.50. The first-order valence-electron chi connectivity index (χ1n) is 10.00. The molecule has 4 rings (SSSR count). The molecule has 30 heavy (non-hydrogen) atoms. The summed E-state index contributed by atoms with van der Waals surface area (Å²) in [4.78, 5) is 17.0. The topological polar surface area (TPSA) is 61.4 Å². The van der Waals surface area contributed by atoms with Crippen LogP contribution < -0.4 is 5.32 Å². The highest BCUT2D eigenvalue weighted by atomic mass is 32.2. The summed E-state index contributed by atoms with van der Waals surface area (Å²) in [5.74, 6) is 0.570. The molecule has 1 fully saturated rings. The van der Waals surface area contributed by atoms with Crippen molar-refractivity contribution in [2.75, 3.05) is 37.2 Å². The molecular weight excluding hydrogens is 414 g/mol. The first-order valence-corrected chi connectivity index (χ1v) is 11.8. The van der Waals surface area contributed by atoms with Crippen LogP contribution in [0.1, 0.15) is 11.1 Å². The molecule has 156 valence electrons. The highest BCUT2D eigenvalue weighted by molar-refractivity contribution is 8.01. The molecule has 2 heterocycles. The monoisotopic (exact) mass is 439 g/mol. The van der Waals surface area contributed by atoms with Crippen LogP contribution in [0.4, 0.5) is 10.8 Å². The van der Waals surface area contributed by atoms with Crippen molar-refractivity contribution >= 4 is 39.8 Å². The number of thioether (sulfide) groups is 1. The van der Waals surface area contributed by atoms with E-state index in [0.29, 0.717) is 5.75 Å². The van der Waals surface area contributed by atoms with Crippen molar-refractivity contribution in [3.8, 4) is 0 Å². The largest absolute Gasteiger partial charge is 0.339 e. The molecule has 0 aliphatic carbocycles. The number of benzene rings is 2. The van der Waals surface area contributed by atoms with E-state index in [0.717, 1.165) is 47.9 Å². The zero-order chi connectivity index (χ0) is 20.8. The van der Waals surface area contributed by atoms with Gasteiger partial charge in [-0.3, -0.25) is 9.69 Å². The maximum absolute atomic E-state index is 12.6. The standard InChI is InChI=1S/C22H25N5OS2/c1-17-6-5-9-19(14-17)23-21-24-25-22(30-21)29-16-20(28)27-12-10-26(11-13-27)15-18-7-3-2-4-8-18/h2-9,14H,10-13,15-16H2,1H3,(H,23,24). The van der Waals surface area contributed by atoms with E-state index in [1.807, 2.05) is 23.1 Å². The lowest BCUT2D eigenvalue weighted by molar-refractivity contribution is -0.130. The van der Waals surface area contributed by atoms with E-state index in [1.165, 1.54) is 34.2 Å². The SMILES string of the molecule is Cc1cccc(Nc2nnc(SCC(=O)N3CCN(Cc4ccccc4)CC3)s2)c1. The second kappa shape index (κ2) is 10.1. The van der Waals surface area contributed by atoms with E-state index >= 15 is 0 Å². The number of aromatic nitrogens is 2. The highest BCUT2D eigenvalue weighted by Crippen LogP contribution is 2.28. The van der Waals surface area contributed by atoms with E-state index in [4.69, 9.17) is 0 Å². The van der Waals surface area contributed by atoms with E-state index < -0.39 is 0 Å². The van der Waals surface area contributed by atoms with Gasteiger partial charge >= 0.3 is 0 Å². The van der Waals surface area contributed by atoms with Crippen LogP contribution in [-0.2, 0) is 11.3 Å². The van der Waals surface area contributed by atoms with Crippen molar-refractivity contribution in [3.63, 3.8) is 0 Å². The Morgan fingerprint density at radius 2 is 1.87 bits per heavy atom. The van der Waals surface area contributed by atoms with Crippen molar-refractivity contribution in [2.24, 2.45) is 0 Å². The molecular formula is C22H25N5OS2. The minimum Gasteiger partial charge on any atom is -0.339 e. The number of carbonyl (C=O) groups is 1. The quantitative estimate of drug-likeness (QED) is 0.561. The van der Waals surface area contributed by atoms with E-state index in [2.05, 4.69) is 63.7 Å². The molecule has 1 saturated heterocycles. The van der Waals surface area contributed by atoms with Crippen LogP contribution in [0.15, 0.2) is 58.9 Å². The van der Waals surface area contributed by atoms with Crippen LogP contribution in [0.25, 0.3) is 0 Å². The molecule has 0 unspecified atom stereocenters. The molecule has 1 aliphatic heterocycles. The molecule has 1 amide bonds. The summed E-state index contributed by atoms with van der Waals surface area (Å²) in [6.07, 6.45) is 0. The van der Waals surface area contributed by atoms with Gasteiger partial charge in [0.15, 0.2) is 4.34 Å². The first-order chi connectivity index (χ1) is 14.7. The molecule has 3 aromatic rings. The summed E-state index contributed by atoms with van der Waals surface area (Å²) >= 11 is 2.93. The van der Waals surface area contributed by atoms with Gasteiger partial charge in [0.1, 0.15) is 0 Å². The summed E-state index contributed by atoms with van der Waals surface area (Å²) in [5, 5.41) is 12.4. The number of nitrogens with zero attached hydrogens (tertiary/aromatic N) is 4. The lowest BCUT2D eigenvalue weighted by Gasteiger charge is -2.34. The molecule has 8 heteroatoms. The van der Waals surface area contributed by atoms with Gasteiger partial charge < -0.3 is 10.2 Å². The maximum Gasteiger partial charge on any atom is 0.233 e. The third-order valence-electron chi connectivity index (χ3n) is 4.97.